The molecular formula is C52H45N9O6. The first-order valence-corrected chi connectivity index (χ1v) is 22.4. The molecule has 0 unspecified atom stereocenters. The molecule has 2 N–H and O–H groups in total. The van der Waals surface area contributed by atoms with Crippen LogP contribution in [0.2, 0.25) is 0 Å². The number of nitrogens with one attached hydrogen (secondary N) is 1. The van der Waals surface area contributed by atoms with E-state index in [0.29, 0.717) is 60.3 Å². The number of rotatable bonds is 9. The quantitative estimate of drug-likeness (QED) is 0.143. The van der Waals surface area contributed by atoms with E-state index >= 15 is 14.4 Å². The molecule has 0 bridgehead atoms. The second-order valence-electron chi connectivity index (χ2n) is 17.0. The topological polar surface area (TPSA) is 168 Å². The lowest BCUT2D eigenvalue weighted by atomic mass is 9.65. The van der Waals surface area contributed by atoms with E-state index in [2.05, 4.69) is 42.3 Å². The SMILES string of the molecule is O=C1O[C@H](c2ccccc2)[C@H](c2ccccc2)N2[C@H]1[C@@H](C(=O)N1CCN(c3ncccn3)CC1)[C@]1(C(=O)Nc3ccc(C#CCn4nnc5ccccc54)cc31)[C@H]2c1ccc(OCCO)cc1. The number of esters is 1. The number of cyclic esters (lactones) is 1. The molecule has 334 valence electrons. The lowest BCUT2D eigenvalue weighted by Crippen LogP contribution is -2.58. The summed E-state index contributed by atoms with van der Waals surface area (Å²) in [6, 6.07) is 39.0. The number of piperazine rings is 1. The maximum absolute atomic E-state index is 16.0. The van der Waals surface area contributed by atoms with E-state index in [-0.39, 0.29) is 25.7 Å². The van der Waals surface area contributed by atoms with E-state index in [4.69, 9.17) is 9.47 Å². The van der Waals surface area contributed by atoms with E-state index in [1.807, 2.05) is 120 Å². The molecule has 7 aromatic rings. The molecule has 4 aliphatic heterocycles. The summed E-state index contributed by atoms with van der Waals surface area (Å²) in [6.45, 7) is 1.68. The molecule has 2 amide bonds. The molecule has 0 aliphatic carbocycles. The lowest BCUT2D eigenvalue weighted by molar-refractivity contribution is -0.179. The average Bonchev–Trinajstić information content (AvgIpc) is 4.04. The van der Waals surface area contributed by atoms with E-state index in [0.717, 1.165) is 22.2 Å². The number of hydrogen-bond acceptors (Lipinski definition) is 12. The highest BCUT2D eigenvalue weighted by molar-refractivity contribution is 6.12. The van der Waals surface area contributed by atoms with Crippen LogP contribution >= 0.6 is 0 Å². The standard InChI is InChI=1S/C52H45N9O6/c62-31-32-66-38-21-19-37(20-22-38)47-52(39-33-34(18-23-40(39)55-50(52)65)11-9-26-60-42-17-8-7-16-41(42)56-57-60)43(48(63)58-27-29-59(30-28-58)51-53-24-10-25-54-51)45-49(64)67-46(36-14-5-2-6-15-36)44(61(45)47)35-12-3-1-4-13-35/h1-8,10,12-25,33,43-47,62H,26-32H2,(H,55,65)/t43-,44-,45-,46+,47+,52-/m0/s1. The maximum Gasteiger partial charge on any atom is 0.324 e. The van der Waals surface area contributed by atoms with Crippen LogP contribution in [-0.4, -0.2) is 103 Å². The van der Waals surface area contributed by atoms with Crippen LogP contribution in [0, 0.1) is 17.8 Å². The first-order chi connectivity index (χ1) is 32.9. The molecule has 6 heterocycles. The van der Waals surface area contributed by atoms with Gasteiger partial charge < -0.3 is 29.7 Å². The molecule has 6 atom stereocenters. The Balaban J connectivity index is 1.10. The van der Waals surface area contributed by atoms with Gasteiger partial charge in [0.15, 0.2) is 0 Å². The van der Waals surface area contributed by atoms with E-state index < -0.39 is 47.4 Å². The molecule has 4 aliphatic rings. The van der Waals surface area contributed by atoms with Crippen molar-refractivity contribution in [2.45, 2.75) is 36.2 Å². The van der Waals surface area contributed by atoms with Gasteiger partial charge in [-0.05, 0) is 70.8 Å². The number of carbonyl (C=O) groups is 3. The first kappa shape index (κ1) is 41.8. The number of aliphatic hydroxyl groups excluding tert-OH is 1. The van der Waals surface area contributed by atoms with Gasteiger partial charge in [-0.3, -0.25) is 19.3 Å². The Labute approximate surface area is 386 Å². The van der Waals surface area contributed by atoms with Crippen LogP contribution in [0.5, 0.6) is 5.75 Å². The number of hydrogen-bond donors (Lipinski definition) is 2. The van der Waals surface area contributed by atoms with Crippen molar-refractivity contribution in [3.05, 3.63) is 174 Å². The molecule has 5 aromatic carbocycles. The van der Waals surface area contributed by atoms with Gasteiger partial charge in [0, 0.05) is 49.8 Å². The van der Waals surface area contributed by atoms with Crippen LogP contribution in [0.15, 0.2) is 146 Å². The van der Waals surface area contributed by atoms with E-state index in [1.54, 1.807) is 40.2 Å². The fraction of sp³-hybridized carbons (Fsp3) is 0.250. The number of carbonyl (C=O) groups excluding carboxylic acids is 3. The minimum Gasteiger partial charge on any atom is -0.491 e. The fourth-order valence-electron chi connectivity index (χ4n) is 10.6. The van der Waals surface area contributed by atoms with Crippen molar-refractivity contribution in [1.29, 1.82) is 0 Å². The predicted molar refractivity (Wildman–Crippen MR) is 247 cm³/mol. The number of ether oxygens (including phenoxy) is 2. The van der Waals surface area contributed by atoms with E-state index in [9.17, 15) is 5.11 Å². The summed E-state index contributed by atoms with van der Waals surface area (Å²) >= 11 is 0. The highest BCUT2D eigenvalue weighted by Crippen LogP contribution is 2.65. The van der Waals surface area contributed by atoms with Gasteiger partial charge in [0.2, 0.25) is 17.8 Å². The molecule has 15 heteroatoms. The van der Waals surface area contributed by atoms with Gasteiger partial charge in [-0.15, -0.1) is 5.10 Å². The Kier molecular flexibility index (Phi) is 10.9. The van der Waals surface area contributed by atoms with Crippen LogP contribution < -0.4 is 15.0 Å². The third kappa shape index (κ3) is 7.22. The summed E-state index contributed by atoms with van der Waals surface area (Å²) in [4.78, 5) is 61.8. The summed E-state index contributed by atoms with van der Waals surface area (Å²) in [7, 11) is 0. The molecule has 0 saturated carbocycles. The van der Waals surface area contributed by atoms with Gasteiger partial charge in [-0.2, -0.15) is 0 Å². The highest BCUT2D eigenvalue weighted by Gasteiger charge is 2.74. The van der Waals surface area contributed by atoms with Crippen LogP contribution in [0.4, 0.5) is 11.6 Å². The van der Waals surface area contributed by atoms with Crippen molar-refractivity contribution >= 4 is 40.5 Å². The zero-order valence-electron chi connectivity index (χ0n) is 36.3. The molecule has 2 aromatic heterocycles. The molecule has 3 saturated heterocycles. The second kappa shape index (κ2) is 17.5. The van der Waals surface area contributed by atoms with Gasteiger partial charge >= 0.3 is 5.97 Å². The number of amides is 2. The Morgan fingerprint density at radius 3 is 2.27 bits per heavy atom. The van der Waals surface area contributed by atoms with E-state index in [1.165, 1.54) is 0 Å². The molecule has 1 spiro atoms. The Morgan fingerprint density at radius 1 is 0.806 bits per heavy atom. The number of anilines is 2. The fourth-order valence-corrected chi connectivity index (χ4v) is 10.6. The zero-order valence-corrected chi connectivity index (χ0v) is 36.3. The van der Waals surface area contributed by atoms with Crippen LogP contribution in [0.25, 0.3) is 11.0 Å². The third-order valence-electron chi connectivity index (χ3n) is 13.4. The summed E-state index contributed by atoms with van der Waals surface area (Å²) in [5.41, 5.74) is 3.92. The van der Waals surface area contributed by atoms with Gasteiger partial charge in [0.1, 0.15) is 42.0 Å². The molecule has 15 nitrogen and oxygen atoms in total. The number of aliphatic hydroxyl groups is 1. The number of aromatic nitrogens is 5. The highest BCUT2D eigenvalue weighted by atomic mass is 16.6. The van der Waals surface area contributed by atoms with Gasteiger partial charge in [-0.25, -0.2) is 14.6 Å². The molecule has 3 fully saturated rings. The molecule has 0 radical (unpaired) electrons. The smallest absolute Gasteiger partial charge is 0.324 e. The van der Waals surface area contributed by atoms with Crippen LogP contribution in [0.1, 0.15) is 46.0 Å². The van der Waals surface area contributed by atoms with Gasteiger partial charge in [-0.1, -0.05) is 102 Å². The summed E-state index contributed by atoms with van der Waals surface area (Å²) < 4.78 is 14.2. The average molecular weight is 892 g/mol. The Bertz CT molecular complexity index is 3030. The summed E-state index contributed by atoms with van der Waals surface area (Å²) in [6.07, 6.45) is 2.57. The van der Waals surface area contributed by atoms with Crippen molar-refractivity contribution < 1.29 is 29.0 Å². The minimum atomic E-state index is -1.69. The molecule has 67 heavy (non-hydrogen) atoms. The maximum atomic E-state index is 16.0. The first-order valence-electron chi connectivity index (χ1n) is 22.4. The monoisotopic (exact) mass is 891 g/mol. The lowest BCUT2D eigenvalue weighted by Gasteiger charge is -2.46. The minimum absolute atomic E-state index is 0.0918. The van der Waals surface area contributed by atoms with Crippen molar-refractivity contribution in [3.63, 3.8) is 0 Å². The van der Waals surface area contributed by atoms with Crippen molar-refractivity contribution in [2.24, 2.45) is 5.92 Å². The number of nitrogens with zero attached hydrogens (tertiary/aromatic N) is 8. The van der Waals surface area contributed by atoms with Crippen molar-refractivity contribution in [1.82, 2.24) is 34.8 Å². The van der Waals surface area contributed by atoms with Gasteiger partial charge in [0.25, 0.3) is 0 Å². The van der Waals surface area contributed by atoms with Crippen LogP contribution in [-0.2, 0) is 31.1 Å². The summed E-state index contributed by atoms with van der Waals surface area (Å²) in [5, 5.41) is 21.4. The van der Waals surface area contributed by atoms with Gasteiger partial charge in [0.05, 0.1) is 30.1 Å². The summed E-state index contributed by atoms with van der Waals surface area (Å²) in [5.74, 6) is 5.04. The number of fused-ring (bicyclic) bond motifs is 4. The Hall–Kier alpha value is -7.93. The third-order valence-corrected chi connectivity index (χ3v) is 13.4. The van der Waals surface area contributed by atoms with Crippen molar-refractivity contribution in [2.75, 3.05) is 49.6 Å². The van der Waals surface area contributed by atoms with Crippen molar-refractivity contribution in [3.8, 4) is 17.6 Å². The molecule has 11 rings (SSSR count). The normalized spacial score (nSPS) is 23.3. The zero-order chi connectivity index (χ0) is 45.5. The second-order valence-corrected chi connectivity index (χ2v) is 17.0. The predicted octanol–water partition coefficient (Wildman–Crippen LogP) is 5.26. The number of para-hydroxylation sites is 1. The number of benzene rings is 5. The largest absolute Gasteiger partial charge is 0.491 e. The molecular weight excluding hydrogens is 847 g/mol. The Morgan fingerprint density at radius 2 is 1.52 bits per heavy atom. The van der Waals surface area contributed by atoms with Crippen LogP contribution in [0.3, 0.4) is 0 Å². The number of morpholine rings is 1.